The standard InChI is InChI=1S/C52H62N8O7SSi/c1-69(2,3)28-27-67-34-57-24-20-39-30-49-46(55-51(39)57)33-54-59(49)48-29-38(36-12-15-40(16-13-36)58-23-6-9-47(58)43-8-5-4-7-42(43)37-10-11-37)14-18-44(48)52(61)56-68(64,65)41-17-19-45(50(31-41)60(62)63)53-32-35-21-25-66-26-22-35/h4-5,7-8,12,14,17-20,24,29-31,33,35,37,40,47,53H,6,9-11,13,15-16,21-23,25-28,32,34H2,1-3H3,(H,56,61). The normalized spacial score (nSPS) is 19.6. The number of hydrogen-bond acceptors (Lipinski definition) is 11. The van der Waals surface area contributed by atoms with E-state index in [1.807, 2.05) is 35.0 Å². The zero-order valence-electron chi connectivity index (χ0n) is 39.7. The number of fused-ring (bicyclic) bond motifs is 2. The number of nitrogens with one attached hydrogen (secondary N) is 2. The van der Waals surface area contributed by atoms with Crippen LogP contribution in [0.4, 0.5) is 11.4 Å². The number of carbonyl (C=O) groups is 1. The number of pyridine rings is 1. The summed E-state index contributed by atoms with van der Waals surface area (Å²) in [4.78, 5) is 33.4. The van der Waals surface area contributed by atoms with Gasteiger partial charge in [0, 0.05) is 64.2 Å². The molecular weight excluding hydrogens is 909 g/mol. The average molecular weight is 971 g/mol. The molecule has 362 valence electrons. The highest BCUT2D eigenvalue weighted by Gasteiger charge is 2.36. The summed E-state index contributed by atoms with van der Waals surface area (Å²) >= 11 is 0. The van der Waals surface area contributed by atoms with Gasteiger partial charge in [-0.05, 0) is 141 Å². The van der Waals surface area contributed by atoms with E-state index in [4.69, 9.17) is 19.6 Å². The average Bonchev–Trinajstić information content (AvgIpc) is 3.72. The smallest absolute Gasteiger partial charge is 0.293 e. The lowest BCUT2D eigenvalue weighted by Gasteiger charge is -2.36. The molecule has 5 heterocycles. The number of amides is 1. The fourth-order valence-electron chi connectivity index (χ4n) is 10.4. The van der Waals surface area contributed by atoms with Gasteiger partial charge in [0.2, 0.25) is 0 Å². The van der Waals surface area contributed by atoms with Gasteiger partial charge in [-0.25, -0.2) is 22.8 Å². The Kier molecular flexibility index (Phi) is 13.3. The first kappa shape index (κ1) is 47.0. The van der Waals surface area contributed by atoms with Crippen LogP contribution in [-0.4, -0.2) is 90.5 Å². The second kappa shape index (κ2) is 19.6. The van der Waals surface area contributed by atoms with Crippen LogP contribution in [0.2, 0.25) is 25.7 Å². The van der Waals surface area contributed by atoms with Crippen molar-refractivity contribution in [2.24, 2.45) is 5.92 Å². The van der Waals surface area contributed by atoms with Gasteiger partial charge in [0.15, 0.2) is 0 Å². The number of nitrogens with zero attached hydrogens (tertiary/aromatic N) is 6. The third-order valence-electron chi connectivity index (χ3n) is 14.5. The summed E-state index contributed by atoms with van der Waals surface area (Å²) in [6, 6.07) is 24.0. The molecule has 2 aliphatic heterocycles. The second-order valence-corrected chi connectivity index (χ2v) is 27.8. The number of sulfonamides is 1. The minimum Gasteiger partial charge on any atom is -0.381 e. The van der Waals surface area contributed by atoms with Crippen molar-refractivity contribution in [3.8, 4) is 5.69 Å². The topological polar surface area (TPSA) is 176 Å². The van der Waals surface area contributed by atoms with E-state index < -0.39 is 39.5 Å². The summed E-state index contributed by atoms with van der Waals surface area (Å²) in [6.45, 7) is 10.8. The van der Waals surface area contributed by atoms with Gasteiger partial charge in [0.1, 0.15) is 23.6 Å². The van der Waals surface area contributed by atoms with Crippen LogP contribution < -0.4 is 10.0 Å². The van der Waals surface area contributed by atoms with Crippen LogP contribution in [0.3, 0.4) is 0 Å². The van der Waals surface area contributed by atoms with Crippen LogP contribution in [0, 0.1) is 16.0 Å². The van der Waals surface area contributed by atoms with Gasteiger partial charge >= 0.3 is 0 Å². The predicted octanol–water partition coefficient (Wildman–Crippen LogP) is 10.2. The molecule has 15 nitrogen and oxygen atoms in total. The monoisotopic (exact) mass is 970 g/mol. The highest BCUT2D eigenvalue weighted by atomic mass is 32.2. The molecule has 1 saturated carbocycles. The first-order valence-corrected chi connectivity index (χ1v) is 29.8. The molecule has 0 radical (unpaired) electrons. The summed E-state index contributed by atoms with van der Waals surface area (Å²) in [5.41, 5.74) is 7.32. The first-order chi connectivity index (χ1) is 33.3. The highest BCUT2D eigenvalue weighted by molar-refractivity contribution is 7.90. The first-order valence-electron chi connectivity index (χ1n) is 24.6. The lowest BCUT2D eigenvalue weighted by molar-refractivity contribution is -0.384. The highest BCUT2D eigenvalue weighted by Crippen LogP contribution is 2.47. The maximum Gasteiger partial charge on any atom is 0.293 e. The quantitative estimate of drug-likeness (QED) is 0.0385. The van der Waals surface area contributed by atoms with E-state index >= 15 is 0 Å². The fourth-order valence-corrected chi connectivity index (χ4v) is 12.2. The number of anilines is 1. The molecule has 1 amide bonds. The van der Waals surface area contributed by atoms with E-state index in [9.17, 15) is 23.3 Å². The zero-order valence-corrected chi connectivity index (χ0v) is 41.5. The maximum absolute atomic E-state index is 14.4. The number of rotatable bonds is 17. The van der Waals surface area contributed by atoms with E-state index in [1.165, 1.54) is 48.9 Å². The molecule has 4 aliphatic rings. The Bertz CT molecular complexity index is 3040. The number of nitro benzene ring substituents is 1. The van der Waals surface area contributed by atoms with Crippen molar-refractivity contribution in [3.63, 3.8) is 0 Å². The Morgan fingerprint density at radius 3 is 2.54 bits per heavy atom. The molecule has 6 aromatic rings. The molecule has 3 fully saturated rings. The van der Waals surface area contributed by atoms with Gasteiger partial charge in [0.25, 0.3) is 21.6 Å². The van der Waals surface area contributed by atoms with Crippen molar-refractivity contribution in [1.82, 2.24) is 29.0 Å². The van der Waals surface area contributed by atoms with Gasteiger partial charge in [-0.3, -0.25) is 19.8 Å². The van der Waals surface area contributed by atoms with E-state index in [1.54, 1.807) is 16.9 Å². The lowest BCUT2D eigenvalue weighted by Crippen LogP contribution is -2.36. The summed E-state index contributed by atoms with van der Waals surface area (Å²) in [5.74, 6) is 0.0708. The molecule has 2 aliphatic carbocycles. The second-order valence-electron chi connectivity index (χ2n) is 20.5. The third-order valence-corrected chi connectivity index (χ3v) is 17.5. The number of ether oxygens (including phenoxy) is 2. The maximum atomic E-state index is 14.4. The van der Waals surface area contributed by atoms with Crippen molar-refractivity contribution < 1.29 is 27.6 Å². The Labute approximate surface area is 404 Å². The lowest BCUT2D eigenvalue weighted by atomic mass is 9.88. The Balaban J connectivity index is 0.946. The minimum atomic E-state index is -4.58. The number of likely N-dealkylation sites (tertiary alicyclic amines) is 1. The Hall–Kier alpha value is -5.72. The predicted molar refractivity (Wildman–Crippen MR) is 271 cm³/mol. The molecule has 2 unspecified atom stereocenters. The molecule has 17 heteroatoms. The molecule has 3 aromatic heterocycles. The summed E-state index contributed by atoms with van der Waals surface area (Å²) in [6.07, 6.45) is 15.2. The van der Waals surface area contributed by atoms with Crippen molar-refractivity contribution >= 4 is 63.0 Å². The van der Waals surface area contributed by atoms with Crippen LogP contribution in [0.15, 0.2) is 96.2 Å². The molecule has 2 atom stereocenters. The number of carbonyl (C=O) groups excluding carboxylic acids is 1. The molecule has 3 aromatic carbocycles. The van der Waals surface area contributed by atoms with Gasteiger partial charge < -0.3 is 19.4 Å². The number of allylic oxidation sites excluding steroid dienone is 1. The number of benzene rings is 3. The molecule has 2 N–H and O–H groups in total. The number of aromatic nitrogens is 4. The summed E-state index contributed by atoms with van der Waals surface area (Å²) in [7, 11) is -5.84. The van der Waals surface area contributed by atoms with E-state index in [0.717, 1.165) is 72.9 Å². The van der Waals surface area contributed by atoms with Crippen LogP contribution in [-0.2, 0) is 26.2 Å². The van der Waals surface area contributed by atoms with Crippen LogP contribution in [0.1, 0.15) is 96.8 Å². The van der Waals surface area contributed by atoms with Crippen molar-refractivity contribution in [2.45, 2.75) is 113 Å². The largest absolute Gasteiger partial charge is 0.381 e. The summed E-state index contributed by atoms with van der Waals surface area (Å²) < 4.78 is 45.3. The molecular formula is C52H62N8O7SSi. The van der Waals surface area contributed by atoms with Crippen LogP contribution in [0.25, 0.3) is 33.3 Å². The Morgan fingerprint density at radius 2 is 1.78 bits per heavy atom. The number of nitro groups is 1. The third kappa shape index (κ3) is 10.3. The zero-order chi connectivity index (χ0) is 47.9. The van der Waals surface area contributed by atoms with Crippen molar-refractivity contribution in [2.75, 3.05) is 38.2 Å². The van der Waals surface area contributed by atoms with Gasteiger partial charge in [-0.2, -0.15) is 5.10 Å². The SMILES string of the molecule is C[Si](C)(C)CCOCn1ccc2cc3c(cnn3-c3cc(C4=CCC(N5CCCC5c5ccccc5C5CC5)CC4)ccc3C(=O)NS(=O)(=O)c3ccc(NCC4CCOCC4)c([N+](=O)[O-])c3)nc21. The van der Waals surface area contributed by atoms with Gasteiger partial charge in [-0.1, -0.05) is 56.0 Å². The molecule has 0 spiro atoms. The van der Waals surface area contributed by atoms with E-state index in [-0.39, 0.29) is 17.2 Å². The van der Waals surface area contributed by atoms with Gasteiger partial charge in [-0.15, -0.1) is 0 Å². The van der Waals surface area contributed by atoms with Crippen molar-refractivity contribution in [3.05, 3.63) is 124 Å². The van der Waals surface area contributed by atoms with Crippen molar-refractivity contribution in [1.29, 1.82) is 0 Å². The Morgan fingerprint density at radius 1 is 0.971 bits per heavy atom. The molecule has 0 bridgehead atoms. The van der Waals surface area contributed by atoms with E-state index in [2.05, 4.69) is 64.9 Å². The molecule has 69 heavy (non-hydrogen) atoms. The summed E-state index contributed by atoms with van der Waals surface area (Å²) in [5, 5.41) is 21.0. The van der Waals surface area contributed by atoms with E-state index in [0.29, 0.717) is 67.8 Å². The van der Waals surface area contributed by atoms with Gasteiger partial charge in [0.05, 0.1) is 32.8 Å². The molecule has 10 rings (SSSR count). The minimum absolute atomic E-state index is 0.0635. The fraction of sp³-hybridized carbons (Fsp3) is 0.442. The van der Waals surface area contributed by atoms with Crippen LogP contribution >= 0.6 is 0 Å². The number of hydrogen-bond donors (Lipinski definition) is 2. The molecule has 2 saturated heterocycles. The van der Waals surface area contributed by atoms with Crippen LogP contribution in [0.5, 0.6) is 0 Å².